The number of thioether (sulfide) groups is 1. The van der Waals surface area contributed by atoms with Gasteiger partial charge in [-0.3, -0.25) is 9.69 Å². The number of carbonyl (C=O) groups is 1. The SMILES string of the molecule is CCN1C(=O)C(=Cc2ccc(-c3ccccc3OC(F)(F)F)o2)SC1=S. The van der Waals surface area contributed by atoms with E-state index in [1.165, 1.54) is 35.2 Å². The first kappa shape index (κ1) is 18.5. The molecule has 1 saturated heterocycles. The predicted molar refractivity (Wildman–Crippen MR) is 96.4 cm³/mol. The molecule has 1 fully saturated rings. The number of amides is 1. The van der Waals surface area contributed by atoms with Crippen LogP contribution in [0.3, 0.4) is 0 Å². The standard InChI is InChI=1S/C17H12F3NO3S2/c1-2-21-15(22)14(26-16(21)25)9-10-7-8-12(23-10)11-5-3-4-6-13(11)24-17(18,19)20/h3-9H,2H2,1H3. The van der Waals surface area contributed by atoms with Crippen molar-refractivity contribution in [1.82, 2.24) is 4.90 Å². The van der Waals surface area contributed by atoms with Crippen LogP contribution in [-0.4, -0.2) is 28.0 Å². The first-order valence-corrected chi connectivity index (χ1v) is 8.71. The lowest BCUT2D eigenvalue weighted by Crippen LogP contribution is -2.27. The zero-order valence-electron chi connectivity index (χ0n) is 13.4. The summed E-state index contributed by atoms with van der Waals surface area (Å²) in [6, 6.07) is 8.76. The second kappa shape index (κ2) is 7.16. The summed E-state index contributed by atoms with van der Waals surface area (Å²) in [6.07, 6.45) is -3.29. The summed E-state index contributed by atoms with van der Waals surface area (Å²) < 4.78 is 47.7. The minimum absolute atomic E-state index is 0.158. The summed E-state index contributed by atoms with van der Waals surface area (Å²) in [6.45, 7) is 2.28. The number of hydrogen-bond donors (Lipinski definition) is 0. The molecule has 1 aliphatic heterocycles. The first-order chi connectivity index (χ1) is 12.3. The van der Waals surface area contributed by atoms with Crippen LogP contribution < -0.4 is 4.74 Å². The lowest BCUT2D eigenvalue weighted by Gasteiger charge is -2.11. The Kier molecular flexibility index (Phi) is 5.10. The summed E-state index contributed by atoms with van der Waals surface area (Å²) in [5.41, 5.74) is 0.158. The first-order valence-electron chi connectivity index (χ1n) is 7.49. The van der Waals surface area contributed by atoms with Crippen LogP contribution in [0.5, 0.6) is 5.75 Å². The number of carbonyl (C=O) groups excluding carboxylic acids is 1. The van der Waals surface area contributed by atoms with Gasteiger partial charge in [-0.1, -0.05) is 36.1 Å². The largest absolute Gasteiger partial charge is 0.573 e. The average Bonchev–Trinajstić information content (AvgIpc) is 3.12. The van der Waals surface area contributed by atoms with Crippen molar-refractivity contribution < 1.29 is 27.1 Å². The number of nitrogens with zero attached hydrogens (tertiary/aromatic N) is 1. The highest BCUT2D eigenvalue weighted by Crippen LogP contribution is 2.36. The number of likely N-dealkylation sites (N-methyl/N-ethyl adjacent to an activating group) is 1. The second-order valence-corrected chi connectivity index (χ2v) is 6.85. The highest BCUT2D eigenvalue weighted by atomic mass is 32.2. The Morgan fingerprint density at radius 3 is 2.65 bits per heavy atom. The monoisotopic (exact) mass is 399 g/mol. The Balaban J connectivity index is 1.89. The van der Waals surface area contributed by atoms with Crippen LogP contribution >= 0.6 is 24.0 Å². The molecule has 1 amide bonds. The molecule has 2 heterocycles. The van der Waals surface area contributed by atoms with E-state index in [1.54, 1.807) is 12.1 Å². The van der Waals surface area contributed by atoms with E-state index < -0.39 is 6.36 Å². The third-order valence-corrected chi connectivity index (χ3v) is 4.85. The molecule has 0 spiro atoms. The van der Waals surface area contributed by atoms with Crippen LogP contribution in [0.25, 0.3) is 17.4 Å². The van der Waals surface area contributed by atoms with Gasteiger partial charge < -0.3 is 9.15 Å². The van der Waals surface area contributed by atoms with Crippen molar-refractivity contribution in [2.45, 2.75) is 13.3 Å². The molecule has 0 aliphatic carbocycles. The molecular weight excluding hydrogens is 387 g/mol. The maximum absolute atomic E-state index is 12.5. The highest BCUT2D eigenvalue weighted by Gasteiger charge is 2.33. The molecule has 26 heavy (non-hydrogen) atoms. The molecule has 9 heteroatoms. The fourth-order valence-electron chi connectivity index (χ4n) is 2.36. The Morgan fingerprint density at radius 1 is 1.27 bits per heavy atom. The maximum atomic E-state index is 12.5. The van der Waals surface area contributed by atoms with E-state index in [4.69, 9.17) is 16.6 Å². The molecule has 1 aromatic carbocycles. The van der Waals surface area contributed by atoms with E-state index >= 15 is 0 Å². The van der Waals surface area contributed by atoms with E-state index in [1.807, 2.05) is 6.92 Å². The number of alkyl halides is 3. The van der Waals surface area contributed by atoms with E-state index in [0.717, 1.165) is 11.8 Å². The van der Waals surface area contributed by atoms with Crippen molar-refractivity contribution in [3.8, 4) is 17.1 Å². The Morgan fingerprint density at radius 2 is 2.00 bits per heavy atom. The molecule has 3 rings (SSSR count). The van der Waals surface area contributed by atoms with E-state index in [0.29, 0.717) is 21.5 Å². The average molecular weight is 399 g/mol. The van der Waals surface area contributed by atoms with Crippen LogP contribution in [-0.2, 0) is 4.79 Å². The minimum Gasteiger partial charge on any atom is -0.457 e. The minimum atomic E-state index is -4.81. The zero-order chi connectivity index (χ0) is 18.9. The highest BCUT2D eigenvalue weighted by molar-refractivity contribution is 8.26. The molecule has 4 nitrogen and oxygen atoms in total. The summed E-state index contributed by atoms with van der Waals surface area (Å²) in [5, 5.41) is 0. The van der Waals surface area contributed by atoms with Gasteiger partial charge >= 0.3 is 6.36 Å². The fraction of sp³-hybridized carbons (Fsp3) is 0.176. The van der Waals surface area contributed by atoms with E-state index in [-0.39, 0.29) is 23.0 Å². The van der Waals surface area contributed by atoms with E-state index in [9.17, 15) is 18.0 Å². The quantitative estimate of drug-likeness (QED) is 0.531. The molecule has 1 aliphatic rings. The van der Waals surface area contributed by atoms with Crippen molar-refractivity contribution >= 4 is 40.3 Å². The molecule has 2 aromatic rings. The van der Waals surface area contributed by atoms with Crippen molar-refractivity contribution in [2.75, 3.05) is 6.54 Å². The topological polar surface area (TPSA) is 42.7 Å². The van der Waals surface area contributed by atoms with Gasteiger partial charge in [-0.2, -0.15) is 0 Å². The molecule has 0 atom stereocenters. The smallest absolute Gasteiger partial charge is 0.457 e. The van der Waals surface area contributed by atoms with Crippen molar-refractivity contribution in [2.24, 2.45) is 0 Å². The zero-order valence-corrected chi connectivity index (χ0v) is 15.0. The van der Waals surface area contributed by atoms with Crippen LogP contribution in [0.4, 0.5) is 13.2 Å². The van der Waals surface area contributed by atoms with Gasteiger partial charge in [-0.25, -0.2) is 0 Å². The second-order valence-electron chi connectivity index (χ2n) is 5.17. The van der Waals surface area contributed by atoms with Gasteiger partial charge in [0.05, 0.1) is 10.5 Å². The van der Waals surface area contributed by atoms with Crippen molar-refractivity contribution in [3.63, 3.8) is 0 Å². The molecule has 136 valence electrons. The molecule has 0 bridgehead atoms. The van der Waals surface area contributed by atoms with Gasteiger partial charge in [-0.15, -0.1) is 13.2 Å². The van der Waals surface area contributed by atoms with Crippen molar-refractivity contribution in [3.05, 3.63) is 47.1 Å². The Labute approximate surface area is 156 Å². The number of thiocarbonyl (C=S) groups is 1. The van der Waals surface area contributed by atoms with Crippen LogP contribution in [0.2, 0.25) is 0 Å². The number of hydrogen-bond acceptors (Lipinski definition) is 5. The summed E-state index contributed by atoms with van der Waals surface area (Å²) >= 11 is 6.29. The Hall–Kier alpha value is -2.26. The van der Waals surface area contributed by atoms with Gasteiger partial charge in [0, 0.05) is 12.6 Å². The van der Waals surface area contributed by atoms with Crippen molar-refractivity contribution in [1.29, 1.82) is 0 Å². The molecule has 0 saturated carbocycles. The number of ether oxygens (including phenoxy) is 1. The molecule has 1 aromatic heterocycles. The fourth-order valence-corrected chi connectivity index (χ4v) is 3.73. The van der Waals surface area contributed by atoms with Gasteiger partial charge in [0.25, 0.3) is 5.91 Å². The maximum Gasteiger partial charge on any atom is 0.573 e. The summed E-state index contributed by atoms with van der Waals surface area (Å²) in [7, 11) is 0. The third kappa shape index (κ3) is 3.94. The van der Waals surface area contributed by atoms with Gasteiger partial charge in [0.2, 0.25) is 0 Å². The van der Waals surface area contributed by atoms with E-state index in [2.05, 4.69) is 4.74 Å². The van der Waals surface area contributed by atoms with Gasteiger partial charge in [-0.05, 0) is 31.2 Å². The lowest BCUT2D eigenvalue weighted by atomic mass is 10.1. The number of para-hydroxylation sites is 1. The lowest BCUT2D eigenvalue weighted by molar-refractivity contribution is -0.274. The number of rotatable bonds is 4. The molecule has 0 N–H and O–H groups in total. The number of halogens is 3. The van der Waals surface area contributed by atoms with Crippen LogP contribution in [0.1, 0.15) is 12.7 Å². The molecular formula is C17H12F3NO3S2. The van der Waals surface area contributed by atoms with Crippen LogP contribution in [0, 0.1) is 0 Å². The third-order valence-electron chi connectivity index (χ3n) is 3.47. The number of benzene rings is 1. The molecule has 0 radical (unpaired) electrons. The normalized spacial score (nSPS) is 16.6. The Bertz CT molecular complexity index is 889. The molecule has 0 unspecified atom stereocenters. The summed E-state index contributed by atoms with van der Waals surface area (Å²) in [5.74, 6) is -0.0556. The summed E-state index contributed by atoms with van der Waals surface area (Å²) in [4.78, 5) is 14.1. The van der Waals surface area contributed by atoms with Gasteiger partial charge in [0.1, 0.15) is 21.6 Å². The number of furan rings is 1. The predicted octanol–water partition coefficient (Wildman–Crippen LogP) is 5.07. The van der Waals surface area contributed by atoms with Crippen LogP contribution in [0.15, 0.2) is 45.7 Å². The van der Waals surface area contributed by atoms with Gasteiger partial charge in [0.15, 0.2) is 0 Å².